The third-order valence-electron chi connectivity index (χ3n) is 4.56. The molecule has 0 aromatic heterocycles. The Bertz CT molecular complexity index is 728. The number of ether oxygens (including phenoxy) is 2. The monoisotopic (exact) mass is 361 g/mol. The third-order valence-corrected chi connectivity index (χ3v) is 4.56. The molecule has 140 valence electrons. The predicted octanol–water partition coefficient (Wildman–Crippen LogP) is 2.24. The van der Waals surface area contributed by atoms with E-state index in [1.54, 1.807) is 18.2 Å². The highest BCUT2D eigenvalue weighted by atomic mass is 16.7. The molecule has 1 aromatic carbocycles. The van der Waals surface area contributed by atoms with Crippen molar-refractivity contribution in [2.75, 3.05) is 18.7 Å². The van der Waals surface area contributed by atoms with Gasteiger partial charge in [0.15, 0.2) is 11.5 Å². The third kappa shape index (κ3) is 3.31. The summed E-state index contributed by atoms with van der Waals surface area (Å²) in [4.78, 5) is 38.4. The van der Waals surface area contributed by atoms with Gasteiger partial charge in [0.25, 0.3) is 5.91 Å². The number of amides is 4. The molecular weight excluding hydrogens is 338 g/mol. The van der Waals surface area contributed by atoms with Gasteiger partial charge in [0.05, 0.1) is 0 Å². The van der Waals surface area contributed by atoms with Crippen LogP contribution in [0.25, 0.3) is 0 Å². The molecule has 1 saturated heterocycles. The molecule has 1 aromatic rings. The molecule has 2 heterocycles. The number of carbonyl (C=O) groups is 3. The number of nitrogens with zero attached hydrogens (tertiary/aromatic N) is 1. The molecule has 1 fully saturated rings. The minimum atomic E-state index is -0.889. The number of nitrogens with one attached hydrogen (secondary N) is 2. The zero-order valence-corrected chi connectivity index (χ0v) is 15.0. The van der Waals surface area contributed by atoms with Gasteiger partial charge in [0.2, 0.25) is 12.7 Å². The lowest BCUT2D eigenvalue weighted by Crippen LogP contribution is -2.47. The lowest BCUT2D eigenvalue weighted by molar-refractivity contribution is -0.134. The van der Waals surface area contributed by atoms with E-state index in [0.717, 1.165) is 17.7 Å². The fourth-order valence-electron chi connectivity index (χ4n) is 3.46. The number of urea groups is 1. The van der Waals surface area contributed by atoms with E-state index in [9.17, 15) is 14.4 Å². The summed E-state index contributed by atoms with van der Waals surface area (Å²) < 4.78 is 10.5. The first kappa shape index (κ1) is 18.0. The quantitative estimate of drug-likeness (QED) is 0.726. The van der Waals surface area contributed by atoms with E-state index in [-0.39, 0.29) is 19.2 Å². The molecule has 0 unspecified atom stereocenters. The SMILES string of the molecule is CCCC1(CCC)NC(=O)N(CC(=O)Nc2ccc3c(c2)OCO3)C1=O. The number of hydrogen-bond donors (Lipinski definition) is 2. The van der Waals surface area contributed by atoms with Crippen molar-refractivity contribution < 1.29 is 23.9 Å². The highest BCUT2D eigenvalue weighted by Gasteiger charge is 2.50. The Kier molecular flexibility index (Phi) is 5.01. The second-order valence-corrected chi connectivity index (χ2v) is 6.52. The van der Waals surface area contributed by atoms with Crippen molar-refractivity contribution in [3.05, 3.63) is 18.2 Å². The van der Waals surface area contributed by atoms with Gasteiger partial charge in [-0.3, -0.25) is 14.5 Å². The van der Waals surface area contributed by atoms with E-state index in [2.05, 4.69) is 10.6 Å². The fraction of sp³-hybridized carbons (Fsp3) is 0.500. The topological polar surface area (TPSA) is 97.0 Å². The van der Waals surface area contributed by atoms with Crippen LogP contribution >= 0.6 is 0 Å². The van der Waals surface area contributed by atoms with E-state index >= 15 is 0 Å². The Balaban J connectivity index is 1.67. The average Bonchev–Trinajstić information content (AvgIpc) is 3.14. The highest BCUT2D eigenvalue weighted by Crippen LogP contribution is 2.34. The number of fused-ring (bicyclic) bond motifs is 1. The summed E-state index contributed by atoms with van der Waals surface area (Å²) in [6.07, 6.45) is 2.66. The molecule has 26 heavy (non-hydrogen) atoms. The van der Waals surface area contributed by atoms with Crippen LogP contribution in [0.15, 0.2) is 18.2 Å². The molecule has 0 aliphatic carbocycles. The summed E-state index contributed by atoms with van der Waals surface area (Å²) in [6.45, 7) is 3.75. The van der Waals surface area contributed by atoms with Gasteiger partial charge in [-0.1, -0.05) is 26.7 Å². The van der Waals surface area contributed by atoms with Gasteiger partial charge in [0.1, 0.15) is 12.1 Å². The summed E-state index contributed by atoms with van der Waals surface area (Å²) in [6, 6.07) is 4.50. The van der Waals surface area contributed by atoms with E-state index < -0.39 is 17.5 Å². The maximum atomic E-state index is 12.8. The van der Waals surface area contributed by atoms with Gasteiger partial charge in [0, 0.05) is 11.8 Å². The number of hydrogen-bond acceptors (Lipinski definition) is 5. The lowest BCUT2D eigenvalue weighted by Gasteiger charge is -2.25. The van der Waals surface area contributed by atoms with Crippen LogP contribution in [0.4, 0.5) is 10.5 Å². The second kappa shape index (κ2) is 7.23. The van der Waals surface area contributed by atoms with Crippen molar-refractivity contribution in [2.45, 2.75) is 45.1 Å². The number of benzene rings is 1. The number of imide groups is 1. The van der Waals surface area contributed by atoms with Gasteiger partial charge in [-0.05, 0) is 25.0 Å². The fourth-order valence-corrected chi connectivity index (χ4v) is 3.46. The number of rotatable bonds is 7. The van der Waals surface area contributed by atoms with Crippen molar-refractivity contribution in [3.63, 3.8) is 0 Å². The zero-order valence-electron chi connectivity index (χ0n) is 15.0. The van der Waals surface area contributed by atoms with E-state index in [1.807, 2.05) is 13.8 Å². The predicted molar refractivity (Wildman–Crippen MR) is 94.0 cm³/mol. The molecule has 0 saturated carbocycles. The molecule has 0 radical (unpaired) electrons. The number of anilines is 1. The van der Waals surface area contributed by atoms with Crippen molar-refractivity contribution in [2.24, 2.45) is 0 Å². The Hall–Kier alpha value is -2.77. The summed E-state index contributed by atoms with van der Waals surface area (Å²) in [7, 11) is 0. The Morgan fingerprint density at radius 2 is 1.88 bits per heavy atom. The molecule has 4 amide bonds. The Labute approximate surface area is 151 Å². The highest BCUT2D eigenvalue weighted by molar-refractivity contribution is 6.10. The van der Waals surface area contributed by atoms with Crippen LogP contribution in [-0.4, -0.2) is 41.6 Å². The largest absolute Gasteiger partial charge is 0.454 e. The number of carbonyl (C=O) groups excluding carboxylic acids is 3. The maximum Gasteiger partial charge on any atom is 0.325 e. The lowest BCUT2D eigenvalue weighted by atomic mass is 9.88. The van der Waals surface area contributed by atoms with Crippen molar-refractivity contribution in [1.29, 1.82) is 0 Å². The molecule has 3 rings (SSSR count). The molecule has 0 spiro atoms. The maximum absolute atomic E-state index is 12.8. The van der Waals surface area contributed by atoms with E-state index in [0.29, 0.717) is 30.0 Å². The zero-order chi connectivity index (χ0) is 18.7. The van der Waals surface area contributed by atoms with Crippen LogP contribution in [0, 0.1) is 0 Å². The minimum Gasteiger partial charge on any atom is -0.454 e. The van der Waals surface area contributed by atoms with E-state index in [4.69, 9.17) is 9.47 Å². The average molecular weight is 361 g/mol. The van der Waals surface area contributed by atoms with Gasteiger partial charge in [-0.25, -0.2) is 4.79 Å². The van der Waals surface area contributed by atoms with Crippen molar-refractivity contribution >= 4 is 23.5 Å². The Morgan fingerprint density at radius 3 is 2.58 bits per heavy atom. The summed E-state index contributed by atoms with van der Waals surface area (Å²) in [5.41, 5.74) is -0.376. The minimum absolute atomic E-state index is 0.145. The normalized spacial score (nSPS) is 17.4. The molecule has 2 N–H and O–H groups in total. The van der Waals surface area contributed by atoms with Gasteiger partial charge >= 0.3 is 6.03 Å². The van der Waals surface area contributed by atoms with Crippen molar-refractivity contribution in [1.82, 2.24) is 10.2 Å². The van der Waals surface area contributed by atoms with Crippen LogP contribution in [0.1, 0.15) is 39.5 Å². The molecule has 2 aliphatic heterocycles. The van der Waals surface area contributed by atoms with Crippen molar-refractivity contribution in [3.8, 4) is 11.5 Å². The molecule has 8 nitrogen and oxygen atoms in total. The van der Waals surface area contributed by atoms with E-state index in [1.165, 1.54) is 0 Å². The van der Waals surface area contributed by atoms with Crippen LogP contribution in [0.5, 0.6) is 11.5 Å². The van der Waals surface area contributed by atoms with Crippen LogP contribution in [0.2, 0.25) is 0 Å². The standard InChI is InChI=1S/C18H23N3O5/c1-3-7-18(8-4-2)16(23)21(17(24)20-18)10-15(22)19-12-5-6-13-14(9-12)26-11-25-13/h5-6,9H,3-4,7-8,10-11H2,1-2H3,(H,19,22)(H,20,24). The van der Waals surface area contributed by atoms with Gasteiger partial charge in [-0.2, -0.15) is 0 Å². The smallest absolute Gasteiger partial charge is 0.325 e. The molecule has 0 bridgehead atoms. The molecule has 2 aliphatic rings. The molecular formula is C18H23N3O5. The summed E-state index contributed by atoms with van der Waals surface area (Å²) in [5.74, 6) is 0.381. The first-order valence-corrected chi connectivity index (χ1v) is 8.82. The van der Waals surface area contributed by atoms with Crippen LogP contribution in [0.3, 0.4) is 0 Å². The first-order chi connectivity index (χ1) is 12.5. The molecule has 0 atom stereocenters. The van der Waals surface area contributed by atoms with Crippen LogP contribution < -0.4 is 20.1 Å². The molecule has 8 heteroatoms. The summed E-state index contributed by atoms with van der Waals surface area (Å²) >= 11 is 0. The first-order valence-electron chi connectivity index (χ1n) is 8.82. The Morgan fingerprint density at radius 1 is 1.19 bits per heavy atom. The van der Waals surface area contributed by atoms with Gasteiger partial charge in [-0.15, -0.1) is 0 Å². The van der Waals surface area contributed by atoms with Gasteiger partial charge < -0.3 is 20.1 Å². The second-order valence-electron chi connectivity index (χ2n) is 6.52. The summed E-state index contributed by atoms with van der Waals surface area (Å²) in [5, 5.41) is 5.48. The van der Waals surface area contributed by atoms with Crippen LogP contribution in [-0.2, 0) is 9.59 Å².